The monoisotopic (exact) mass is 271 g/mol. The molecule has 0 saturated heterocycles. The minimum atomic E-state index is -0.444. The van der Waals surface area contributed by atoms with Crippen LogP contribution in [0.1, 0.15) is 24.1 Å². The molecule has 1 atom stereocenters. The average Bonchev–Trinajstić information content (AvgIpc) is 2.38. The zero-order chi connectivity index (χ0) is 14.7. The molecule has 20 heavy (non-hydrogen) atoms. The van der Waals surface area contributed by atoms with Gasteiger partial charge in [0.15, 0.2) is 0 Å². The first-order chi connectivity index (χ1) is 9.47. The van der Waals surface area contributed by atoms with Gasteiger partial charge in [-0.15, -0.1) is 0 Å². The molecule has 2 rings (SSSR count). The van der Waals surface area contributed by atoms with Crippen molar-refractivity contribution < 1.29 is 4.92 Å². The lowest BCUT2D eigenvalue weighted by molar-refractivity contribution is -0.384. The highest BCUT2D eigenvalue weighted by atomic mass is 16.6. The Hall–Kier alpha value is -2.56. The van der Waals surface area contributed by atoms with Gasteiger partial charge in [0.25, 0.3) is 5.69 Å². The van der Waals surface area contributed by atoms with Crippen molar-refractivity contribution in [3.63, 3.8) is 0 Å². The Balaban J connectivity index is 2.26. The number of non-ortho nitro benzene ring substituents is 1. The third kappa shape index (κ3) is 3.06. The second-order valence-corrected chi connectivity index (χ2v) is 4.79. The molecule has 0 spiro atoms. The van der Waals surface area contributed by atoms with Gasteiger partial charge in [0.1, 0.15) is 0 Å². The van der Waals surface area contributed by atoms with Crippen molar-refractivity contribution in [3.8, 4) is 0 Å². The molecule has 104 valence electrons. The maximum Gasteiger partial charge on any atom is 0.273 e. The van der Waals surface area contributed by atoms with E-state index in [1.807, 2.05) is 38.1 Å². The molecule has 0 bridgehead atoms. The Bertz CT molecular complexity index is 641. The summed E-state index contributed by atoms with van der Waals surface area (Å²) in [6.07, 6.45) is 0. The lowest BCUT2D eigenvalue weighted by Crippen LogP contribution is -2.08. The van der Waals surface area contributed by atoms with Crippen LogP contribution in [0.4, 0.5) is 17.1 Å². The zero-order valence-corrected chi connectivity index (χ0v) is 11.5. The first kappa shape index (κ1) is 13.9. The van der Waals surface area contributed by atoms with Crippen molar-refractivity contribution in [1.29, 1.82) is 0 Å². The molecule has 5 nitrogen and oxygen atoms in total. The van der Waals surface area contributed by atoms with E-state index < -0.39 is 4.92 Å². The third-order valence-electron chi connectivity index (χ3n) is 3.19. The average molecular weight is 271 g/mol. The van der Waals surface area contributed by atoms with Gasteiger partial charge in [0, 0.05) is 29.5 Å². The number of nitrogens with one attached hydrogen (secondary N) is 1. The molecule has 0 aliphatic carbocycles. The molecule has 0 fully saturated rings. The van der Waals surface area contributed by atoms with Crippen LogP contribution in [-0.2, 0) is 0 Å². The summed E-state index contributed by atoms with van der Waals surface area (Å²) >= 11 is 0. The SMILES string of the molecule is Cc1ccccc1C(C)Nc1cc(N)cc([N+](=O)[O-])c1. The molecule has 0 aliphatic rings. The first-order valence-electron chi connectivity index (χ1n) is 6.34. The summed E-state index contributed by atoms with van der Waals surface area (Å²) in [5.74, 6) is 0. The minimum absolute atomic E-state index is 0.00974. The summed E-state index contributed by atoms with van der Waals surface area (Å²) in [5, 5.41) is 14.1. The Morgan fingerprint density at radius 2 is 1.95 bits per heavy atom. The number of anilines is 2. The van der Waals surface area contributed by atoms with Crippen molar-refractivity contribution in [3.05, 3.63) is 63.7 Å². The van der Waals surface area contributed by atoms with Crippen LogP contribution in [0.25, 0.3) is 0 Å². The van der Waals surface area contributed by atoms with E-state index in [9.17, 15) is 10.1 Å². The number of aryl methyl sites for hydroxylation is 1. The van der Waals surface area contributed by atoms with Crippen LogP contribution >= 0.6 is 0 Å². The van der Waals surface area contributed by atoms with Gasteiger partial charge >= 0.3 is 0 Å². The molecule has 0 aromatic heterocycles. The third-order valence-corrected chi connectivity index (χ3v) is 3.19. The number of rotatable bonds is 4. The summed E-state index contributed by atoms with van der Waals surface area (Å²) in [7, 11) is 0. The molecule has 5 heteroatoms. The minimum Gasteiger partial charge on any atom is -0.398 e. The van der Waals surface area contributed by atoms with Gasteiger partial charge in [-0.2, -0.15) is 0 Å². The highest BCUT2D eigenvalue weighted by molar-refractivity contribution is 5.62. The van der Waals surface area contributed by atoms with E-state index in [0.29, 0.717) is 11.4 Å². The zero-order valence-electron chi connectivity index (χ0n) is 11.5. The summed E-state index contributed by atoms with van der Waals surface area (Å²) < 4.78 is 0. The van der Waals surface area contributed by atoms with Crippen LogP contribution in [0.3, 0.4) is 0 Å². The summed E-state index contributed by atoms with van der Waals surface area (Å²) in [4.78, 5) is 10.4. The fourth-order valence-corrected chi connectivity index (χ4v) is 2.22. The Morgan fingerprint density at radius 3 is 2.60 bits per heavy atom. The van der Waals surface area contributed by atoms with Crippen LogP contribution in [0.15, 0.2) is 42.5 Å². The highest BCUT2D eigenvalue weighted by Gasteiger charge is 2.12. The van der Waals surface area contributed by atoms with Crippen LogP contribution in [0.2, 0.25) is 0 Å². The molecule has 1 unspecified atom stereocenters. The van der Waals surface area contributed by atoms with E-state index in [1.165, 1.54) is 17.7 Å². The predicted octanol–water partition coefficient (Wildman–Crippen LogP) is 3.66. The molecule has 0 amide bonds. The van der Waals surface area contributed by atoms with Gasteiger partial charge in [-0.3, -0.25) is 10.1 Å². The number of benzene rings is 2. The Morgan fingerprint density at radius 1 is 1.25 bits per heavy atom. The predicted molar refractivity (Wildman–Crippen MR) is 80.7 cm³/mol. The topological polar surface area (TPSA) is 81.2 Å². The maximum atomic E-state index is 10.8. The highest BCUT2D eigenvalue weighted by Crippen LogP contribution is 2.27. The Kier molecular flexibility index (Phi) is 3.89. The van der Waals surface area contributed by atoms with Crippen LogP contribution < -0.4 is 11.1 Å². The normalized spacial score (nSPS) is 11.9. The van der Waals surface area contributed by atoms with Crippen LogP contribution in [0.5, 0.6) is 0 Å². The fraction of sp³-hybridized carbons (Fsp3) is 0.200. The van der Waals surface area contributed by atoms with Crippen molar-refractivity contribution >= 4 is 17.1 Å². The molecule has 2 aromatic carbocycles. The van der Waals surface area contributed by atoms with Gasteiger partial charge in [-0.1, -0.05) is 24.3 Å². The maximum absolute atomic E-state index is 10.8. The first-order valence-corrected chi connectivity index (χ1v) is 6.34. The van der Waals surface area contributed by atoms with Gasteiger partial charge in [0.2, 0.25) is 0 Å². The standard InChI is InChI=1S/C15H17N3O2/c1-10-5-3-4-6-15(10)11(2)17-13-7-12(16)8-14(9-13)18(19)20/h3-9,11,17H,16H2,1-2H3. The van der Waals surface area contributed by atoms with Gasteiger partial charge < -0.3 is 11.1 Å². The smallest absolute Gasteiger partial charge is 0.273 e. The van der Waals surface area contributed by atoms with E-state index in [1.54, 1.807) is 6.07 Å². The van der Waals surface area contributed by atoms with Gasteiger partial charge in [0.05, 0.1) is 4.92 Å². The van der Waals surface area contributed by atoms with Crippen molar-refractivity contribution in [1.82, 2.24) is 0 Å². The Labute approximate surface area is 117 Å². The number of hydrogen-bond donors (Lipinski definition) is 2. The van der Waals surface area contributed by atoms with Crippen LogP contribution in [0, 0.1) is 17.0 Å². The molecule has 3 N–H and O–H groups in total. The molecular formula is C15H17N3O2. The number of nitrogens with zero attached hydrogens (tertiary/aromatic N) is 1. The van der Waals surface area contributed by atoms with Crippen molar-refractivity contribution in [2.24, 2.45) is 0 Å². The van der Waals surface area contributed by atoms with Crippen LogP contribution in [-0.4, -0.2) is 4.92 Å². The summed E-state index contributed by atoms with van der Waals surface area (Å²) in [6.45, 7) is 4.05. The number of nitrogens with two attached hydrogens (primary N) is 1. The quantitative estimate of drug-likeness (QED) is 0.505. The number of nitro benzene ring substituents is 1. The molecule has 0 heterocycles. The van der Waals surface area contributed by atoms with E-state index >= 15 is 0 Å². The lowest BCUT2D eigenvalue weighted by atomic mass is 10.0. The van der Waals surface area contributed by atoms with E-state index in [4.69, 9.17) is 5.73 Å². The summed E-state index contributed by atoms with van der Waals surface area (Å²) in [6, 6.07) is 12.6. The summed E-state index contributed by atoms with van der Waals surface area (Å²) in [5.41, 5.74) is 9.03. The van der Waals surface area contributed by atoms with Crippen molar-refractivity contribution in [2.75, 3.05) is 11.1 Å². The van der Waals surface area contributed by atoms with E-state index in [-0.39, 0.29) is 11.7 Å². The van der Waals surface area contributed by atoms with Crippen molar-refractivity contribution in [2.45, 2.75) is 19.9 Å². The van der Waals surface area contributed by atoms with Gasteiger partial charge in [-0.25, -0.2) is 0 Å². The number of nitrogen functional groups attached to an aromatic ring is 1. The fourth-order valence-electron chi connectivity index (χ4n) is 2.22. The molecular weight excluding hydrogens is 254 g/mol. The number of nitro groups is 1. The van der Waals surface area contributed by atoms with E-state index in [0.717, 1.165) is 5.56 Å². The second kappa shape index (κ2) is 5.61. The lowest BCUT2D eigenvalue weighted by Gasteiger charge is -2.18. The molecule has 0 saturated carbocycles. The molecule has 0 radical (unpaired) electrons. The number of hydrogen-bond acceptors (Lipinski definition) is 4. The molecule has 2 aromatic rings. The molecule has 0 aliphatic heterocycles. The second-order valence-electron chi connectivity index (χ2n) is 4.79. The van der Waals surface area contributed by atoms with Gasteiger partial charge in [-0.05, 0) is 31.0 Å². The van der Waals surface area contributed by atoms with E-state index in [2.05, 4.69) is 5.32 Å². The largest absolute Gasteiger partial charge is 0.398 e.